The zero-order valence-corrected chi connectivity index (χ0v) is 37.1. The number of aliphatic hydroxyl groups excluding tert-OH is 4. The first kappa shape index (κ1) is 54.2. The lowest BCUT2D eigenvalue weighted by atomic mass is 9.99. The standard InChI is InChI=1S/C48H88O10/c1-3-5-7-9-11-13-15-17-19-21-23-24-26-28-30-32-34-36-43(50)55-39-41(40-56-48-47(54)46(53)45(52)42(38-49)58-48)57-44(51)37-35-33-31-29-27-25-22-20-18-16-14-12-10-8-6-4-2/h11,13,17,19,41-42,45-49,52-54H,3-10,12,14-16,18,20-40H2,1-2H3/b13-11+,19-17+/t41-,42-,45+,46?,47?,48-/m0/s1. The topological polar surface area (TPSA) is 152 Å². The van der Waals surface area contributed by atoms with Crippen LogP contribution in [0.1, 0.15) is 213 Å². The second-order valence-corrected chi connectivity index (χ2v) is 16.6. The van der Waals surface area contributed by atoms with Crippen LogP contribution in [0.4, 0.5) is 0 Å². The molecule has 0 radical (unpaired) electrons. The number of hydrogen-bond acceptors (Lipinski definition) is 10. The summed E-state index contributed by atoms with van der Waals surface area (Å²) in [6.45, 7) is 3.41. The highest BCUT2D eigenvalue weighted by Gasteiger charge is 2.44. The van der Waals surface area contributed by atoms with E-state index in [1.54, 1.807) is 0 Å². The van der Waals surface area contributed by atoms with Crippen molar-refractivity contribution in [1.82, 2.24) is 0 Å². The van der Waals surface area contributed by atoms with Gasteiger partial charge >= 0.3 is 11.9 Å². The number of allylic oxidation sites excluding steroid dienone is 4. The van der Waals surface area contributed by atoms with Gasteiger partial charge in [0.05, 0.1) is 13.2 Å². The van der Waals surface area contributed by atoms with Gasteiger partial charge in [0.1, 0.15) is 31.0 Å². The quantitative estimate of drug-likeness (QED) is 0.0267. The molecule has 10 heteroatoms. The first-order chi connectivity index (χ1) is 28.3. The molecular weight excluding hydrogens is 737 g/mol. The van der Waals surface area contributed by atoms with Crippen LogP contribution in [-0.2, 0) is 28.5 Å². The summed E-state index contributed by atoms with van der Waals surface area (Å²) in [6, 6.07) is 0. The molecule has 0 aromatic carbocycles. The molecule has 1 rings (SSSR count). The van der Waals surface area contributed by atoms with E-state index in [-0.39, 0.29) is 32.0 Å². The van der Waals surface area contributed by atoms with Gasteiger partial charge in [0, 0.05) is 12.8 Å². The second-order valence-electron chi connectivity index (χ2n) is 16.6. The number of esters is 2. The number of unbranched alkanes of at least 4 members (excludes halogenated alkanes) is 25. The molecule has 0 bridgehead atoms. The molecule has 4 N–H and O–H groups in total. The first-order valence-corrected chi connectivity index (χ1v) is 23.9. The number of carbonyl (C=O) groups excluding carboxylic acids is 2. The van der Waals surface area contributed by atoms with Crippen LogP contribution in [0.2, 0.25) is 0 Å². The fraction of sp³-hybridized carbons (Fsp3) is 0.875. The molecule has 0 saturated carbocycles. The summed E-state index contributed by atoms with van der Waals surface area (Å²) in [7, 11) is 0. The highest BCUT2D eigenvalue weighted by Crippen LogP contribution is 2.23. The van der Waals surface area contributed by atoms with E-state index in [0.717, 1.165) is 57.8 Å². The lowest BCUT2D eigenvalue weighted by Crippen LogP contribution is -2.59. The fourth-order valence-electron chi connectivity index (χ4n) is 7.28. The van der Waals surface area contributed by atoms with Gasteiger partial charge in [0.25, 0.3) is 0 Å². The van der Waals surface area contributed by atoms with Crippen molar-refractivity contribution in [3.8, 4) is 0 Å². The maximum Gasteiger partial charge on any atom is 0.306 e. The summed E-state index contributed by atoms with van der Waals surface area (Å²) >= 11 is 0. The monoisotopic (exact) mass is 825 g/mol. The van der Waals surface area contributed by atoms with E-state index in [9.17, 15) is 30.0 Å². The Morgan fingerprint density at radius 1 is 0.534 bits per heavy atom. The smallest absolute Gasteiger partial charge is 0.306 e. The maximum atomic E-state index is 12.8. The molecule has 1 heterocycles. The van der Waals surface area contributed by atoms with Crippen LogP contribution in [-0.4, -0.2) is 89.0 Å². The lowest BCUT2D eigenvalue weighted by molar-refractivity contribution is -0.305. The predicted molar refractivity (Wildman–Crippen MR) is 233 cm³/mol. The third-order valence-corrected chi connectivity index (χ3v) is 11.1. The molecule has 6 atom stereocenters. The Morgan fingerprint density at radius 3 is 1.47 bits per heavy atom. The van der Waals surface area contributed by atoms with E-state index in [4.69, 9.17) is 18.9 Å². The minimum Gasteiger partial charge on any atom is -0.462 e. The highest BCUT2D eigenvalue weighted by molar-refractivity contribution is 5.70. The number of ether oxygens (including phenoxy) is 4. The molecule has 0 amide bonds. The lowest BCUT2D eigenvalue weighted by Gasteiger charge is -2.39. The zero-order chi connectivity index (χ0) is 42.3. The van der Waals surface area contributed by atoms with Gasteiger partial charge in [-0.2, -0.15) is 0 Å². The van der Waals surface area contributed by atoms with Crippen LogP contribution in [0.3, 0.4) is 0 Å². The van der Waals surface area contributed by atoms with Crippen LogP contribution in [0.25, 0.3) is 0 Å². The number of aliphatic hydroxyl groups is 4. The van der Waals surface area contributed by atoms with E-state index in [1.165, 1.54) is 122 Å². The van der Waals surface area contributed by atoms with Gasteiger partial charge in [0.2, 0.25) is 0 Å². The van der Waals surface area contributed by atoms with E-state index in [1.807, 2.05) is 0 Å². The van der Waals surface area contributed by atoms with E-state index < -0.39 is 49.4 Å². The maximum absolute atomic E-state index is 12.8. The van der Waals surface area contributed by atoms with Gasteiger partial charge in [-0.1, -0.05) is 179 Å². The Hall–Kier alpha value is -1.82. The average molecular weight is 825 g/mol. The third kappa shape index (κ3) is 30.2. The summed E-state index contributed by atoms with van der Waals surface area (Å²) in [5.41, 5.74) is 0. The summed E-state index contributed by atoms with van der Waals surface area (Å²) < 4.78 is 22.2. The van der Waals surface area contributed by atoms with Crippen molar-refractivity contribution in [2.45, 2.75) is 250 Å². The second kappa shape index (κ2) is 39.3. The van der Waals surface area contributed by atoms with Gasteiger partial charge in [-0.25, -0.2) is 0 Å². The third-order valence-electron chi connectivity index (χ3n) is 11.1. The number of carbonyl (C=O) groups is 2. The average Bonchev–Trinajstić information content (AvgIpc) is 3.22. The Bertz CT molecular complexity index is 1000. The predicted octanol–water partition coefficient (Wildman–Crippen LogP) is 10.5. The van der Waals surface area contributed by atoms with Crippen molar-refractivity contribution in [3.05, 3.63) is 24.3 Å². The molecule has 0 aliphatic carbocycles. The van der Waals surface area contributed by atoms with Crippen molar-refractivity contribution in [2.75, 3.05) is 19.8 Å². The van der Waals surface area contributed by atoms with Crippen LogP contribution >= 0.6 is 0 Å². The van der Waals surface area contributed by atoms with Crippen LogP contribution < -0.4 is 0 Å². The summed E-state index contributed by atoms with van der Waals surface area (Å²) in [5, 5.41) is 40.1. The highest BCUT2D eigenvalue weighted by atomic mass is 16.7. The summed E-state index contributed by atoms with van der Waals surface area (Å²) in [6.07, 6.45) is 36.0. The zero-order valence-electron chi connectivity index (χ0n) is 37.1. The van der Waals surface area contributed by atoms with Crippen molar-refractivity contribution in [3.63, 3.8) is 0 Å². The van der Waals surface area contributed by atoms with Crippen molar-refractivity contribution in [2.24, 2.45) is 0 Å². The van der Waals surface area contributed by atoms with Gasteiger partial charge < -0.3 is 39.4 Å². The first-order valence-electron chi connectivity index (χ1n) is 23.9. The Balaban J connectivity index is 2.30. The van der Waals surface area contributed by atoms with Crippen molar-refractivity contribution in [1.29, 1.82) is 0 Å². The summed E-state index contributed by atoms with van der Waals surface area (Å²) in [5.74, 6) is -0.806. The minimum atomic E-state index is -1.59. The van der Waals surface area contributed by atoms with Crippen LogP contribution in [0.5, 0.6) is 0 Å². The molecule has 1 aliphatic heterocycles. The largest absolute Gasteiger partial charge is 0.462 e. The van der Waals surface area contributed by atoms with E-state index in [2.05, 4.69) is 38.2 Å². The minimum absolute atomic E-state index is 0.218. The SMILES string of the molecule is CCCCC/C=C/C/C=C/CCCCCCCCCC(=O)OC[C@@H](CO[C@H]1O[C@@H](CO)[C@@H](O)C(O)C1O)OC(=O)CCCCCCCCCCCCCCCCCC. The molecular formula is C48H88O10. The molecule has 0 spiro atoms. The molecule has 340 valence electrons. The van der Waals surface area contributed by atoms with Crippen LogP contribution in [0, 0.1) is 0 Å². The van der Waals surface area contributed by atoms with Gasteiger partial charge in [-0.05, 0) is 44.9 Å². The molecule has 58 heavy (non-hydrogen) atoms. The Labute approximate surface area is 353 Å². The summed E-state index contributed by atoms with van der Waals surface area (Å²) in [4.78, 5) is 25.4. The van der Waals surface area contributed by atoms with E-state index >= 15 is 0 Å². The molecule has 2 unspecified atom stereocenters. The molecule has 0 aromatic heterocycles. The Morgan fingerprint density at radius 2 is 0.966 bits per heavy atom. The van der Waals surface area contributed by atoms with Gasteiger partial charge in [0.15, 0.2) is 12.4 Å². The van der Waals surface area contributed by atoms with Gasteiger partial charge in [-0.15, -0.1) is 0 Å². The number of rotatable bonds is 40. The molecule has 10 nitrogen and oxygen atoms in total. The fourth-order valence-corrected chi connectivity index (χ4v) is 7.28. The molecule has 1 saturated heterocycles. The van der Waals surface area contributed by atoms with Crippen molar-refractivity contribution >= 4 is 11.9 Å². The normalized spacial score (nSPS) is 20.3. The number of hydrogen-bond donors (Lipinski definition) is 4. The molecule has 0 aromatic rings. The van der Waals surface area contributed by atoms with E-state index in [0.29, 0.717) is 6.42 Å². The van der Waals surface area contributed by atoms with Gasteiger partial charge in [-0.3, -0.25) is 9.59 Å². The molecule has 1 fully saturated rings. The van der Waals surface area contributed by atoms with Crippen LogP contribution in [0.15, 0.2) is 24.3 Å². The van der Waals surface area contributed by atoms with Crippen molar-refractivity contribution < 1.29 is 49.0 Å². The Kier molecular flexibility index (Phi) is 36.7. The molecule has 1 aliphatic rings.